The molecule has 0 saturated carbocycles. The maximum atomic E-state index is 13.5. The molecule has 0 atom stereocenters. The first-order valence-corrected chi connectivity index (χ1v) is 10.2. The van der Waals surface area contributed by atoms with Gasteiger partial charge in [-0.2, -0.15) is 13.2 Å². The molecule has 0 aliphatic carbocycles. The van der Waals surface area contributed by atoms with E-state index in [2.05, 4.69) is 10.6 Å². The molecular weight excluding hydrogens is 440 g/mol. The van der Waals surface area contributed by atoms with Crippen molar-refractivity contribution in [1.82, 2.24) is 10.2 Å². The normalized spacial score (nSPS) is 14.0. The molecule has 3 N–H and O–H groups in total. The lowest BCUT2D eigenvalue weighted by Crippen LogP contribution is -2.32. The Bertz CT molecular complexity index is 1090. The van der Waals surface area contributed by atoms with Crippen LogP contribution in [0.2, 0.25) is 0 Å². The Kier molecular flexibility index (Phi) is 7.15. The van der Waals surface area contributed by atoms with Crippen molar-refractivity contribution in [3.8, 4) is 0 Å². The van der Waals surface area contributed by atoms with Crippen molar-refractivity contribution in [3.63, 3.8) is 0 Å². The molecule has 1 aliphatic rings. The lowest BCUT2D eigenvalue weighted by Gasteiger charge is -2.27. The van der Waals surface area contributed by atoms with Crippen LogP contribution in [-0.2, 0) is 17.5 Å². The number of alkyl halides is 3. The van der Waals surface area contributed by atoms with Crippen LogP contribution in [0.15, 0.2) is 54.2 Å². The molecule has 2 aromatic carbocycles. The van der Waals surface area contributed by atoms with Gasteiger partial charge in [-0.3, -0.25) is 9.59 Å². The number of carbonyl (C=O) groups is 2. The zero-order valence-corrected chi connectivity index (χ0v) is 17.7. The summed E-state index contributed by atoms with van der Waals surface area (Å²) in [5.41, 5.74) is -0.243. The predicted molar refractivity (Wildman–Crippen MR) is 115 cm³/mol. The van der Waals surface area contributed by atoms with E-state index in [1.807, 2.05) is 6.92 Å². The molecule has 0 radical (unpaired) electrons. The van der Waals surface area contributed by atoms with Crippen LogP contribution < -0.4 is 10.6 Å². The van der Waals surface area contributed by atoms with Crippen molar-refractivity contribution >= 4 is 23.2 Å². The number of amides is 2. The van der Waals surface area contributed by atoms with Crippen molar-refractivity contribution < 1.29 is 27.2 Å². The van der Waals surface area contributed by atoms with E-state index in [0.717, 1.165) is 11.6 Å². The third kappa shape index (κ3) is 5.97. The summed E-state index contributed by atoms with van der Waals surface area (Å²) < 4.78 is 52.2. The molecule has 2 aromatic rings. The van der Waals surface area contributed by atoms with Gasteiger partial charge in [0.05, 0.1) is 11.1 Å². The van der Waals surface area contributed by atoms with Crippen LogP contribution in [0.5, 0.6) is 0 Å². The molecule has 0 spiro atoms. The fourth-order valence-electron chi connectivity index (χ4n) is 3.31. The standard InChI is InChI=1S/C23H22F4N4O2/c1-2-29-21(32)15-5-3-14(4-6-15)12-31-10-9-20(28)17(13-31)22(33)30-16-7-8-19(24)18(11-16)23(25,26)27/h3-8,11,13,28H,2,9-10,12H2,1H3,(H,29,32)(H,30,33). The van der Waals surface area contributed by atoms with Crippen molar-refractivity contribution in [2.24, 2.45) is 0 Å². The van der Waals surface area contributed by atoms with Gasteiger partial charge in [-0.1, -0.05) is 12.1 Å². The summed E-state index contributed by atoms with van der Waals surface area (Å²) >= 11 is 0. The highest BCUT2D eigenvalue weighted by Crippen LogP contribution is 2.33. The fraction of sp³-hybridized carbons (Fsp3) is 0.261. The highest BCUT2D eigenvalue weighted by molar-refractivity contribution is 6.24. The average Bonchev–Trinajstić information content (AvgIpc) is 2.76. The first-order chi connectivity index (χ1) is 15.6. The second-order valence-electron chi connectivity index (χ2n) is 7.44. The molecule has 0 fully saturated rings. The second-order valence-corrected chi connectivity index (χ2v) is 7.44. The van der Waals surface area contributed by atoms with Gasteiger partial charge < -0.3 is 20.9 Å². The van der Waals surface area contributed by atoms with E-state index < -0.39 is 23.5 Å². The molecule has 1 heterocycles. The Balaban J connectivity index is 1.72. The molecule has 0 bridgehead atoms. The lowest BCUT2D eigenvalue weighted by atomic mass is 10.0. The summed E-state index contributed by atoms with van der Waals surface area (Å²) in [5.74, 6) is -2.37. The summed E-state index contributed by atoms with van der Waals surface area (Å²) in [5, 5.41) is 13.1. The van der Waals surface area contributed by atoms with Gasteiger partial charge in [0.2, 0.25) is 0 Å². The number of benzene rings is 2. The molecule has 6 nitrogen and oxygen atoms in total. The first kappa shape index (κ1) is 24.0. The number of nitrogens with zero attached hydrogens (tertiary/aromatic N) is 1. The molecular formula is C23H22F4N4O2. The number of hydrogen-bond donors (Lipinski definition) is 3. The molecule has 0 saturated heterocycles. The second kappa shape index (κ2) is 9.85. The number of rotatable bonds is 6. The van der Waals surface area contributed by atoms with Crippen molar-refractivity contribution in [3.05, 3.63) is 76.7 Å². The fourth-order valence-corrected chi connectivity index (χ4v) is 3.31. The van der Waals surface area contributed by atoms with E-state index in [1.54, 1.807) is 29.2 Å². The van der Waals surface area contributed by atoms with E-state index in [9.17, 15) is 27.2 Å². The number of nitrogens with one attached hydrogen (secondary N) is 3. The van der Waals surface area contributed by atoms with Gasteiger partial charge in [0.1, 0.15) is 5.82 Å². The van der Waals surface area contributed by atoms with Gasteiger partial charge in [0.15, 0.2) is 0 Å². The highest BCUT2D eigenvalue weighted by atomic mass is 19.4. The molecule has 1 aliphatic heterocycles. The average molecular weight is 462 g/mol. The van der Waals surface area contributed by atoms with Gasteiger partial charge in [0.25, 0.3) is 11.8 Å². The minimum Gasteiger partial charge on any atom is -0.372 e. The van der Waals surface area contributed by atoms with Gasteiger partial charge >= 0.3 is 6.18 Å². The van der Waals surface area contributed by atoms with Crippen LogP contribution in [0.25, 0.3) is 0 Å². The van der Waals surface area contributed by atoms with Crippen molar-refractivity contribution in [2.75, 3.05) is 18.4 Å². The number of halogens is 4. The Morgan fingerprint density at radius 1 is 1.09 bits per heavy atom. The lowest BCUT2D eigenvalue weighted by molar-refractivity contribution is -0.140. The summed E-state index contributed by atoms with van der Waals surface area (Å²) in [6.07, 6.45) is -3.15. The number of hydrogen-bond acceptors (Lipinski definition) is 4. The van der Waals surface area contributed by atoms with Crippen LogP contribution in [0.3, 0.4) is 0 Å². The van der Waals surface area contributed by atoms with Gasteiger partial charge in [-0.15, -0.1) is 0 Å². The molecule has 3 rings (SSSR count). The van der Waals surface area contributed by atoms with Crippen LogP contribution >= 0.6 is 0 Å². The quantitative estimate of drug-likeness (QED) is 0.559. The zero-order chi connectivity index (χ0) is 24.2. The topological polar surface area (TPSA) is 85.3 Å². The molecule has 2 amide bonds. The predicted octanol–water partition coefficient (Wildman–Crippen LogP) is 4.34. The summed E-state index contributed by atoms with van der Waals surface area (Å²) in [7, 11) is 0. The van der Waals surface area contributed by atoms with Crippen LogP contribution in [0.4, 0.5) is 23.2 Å². The minimum absolute atomic E-state index is 0.0121. The molecule has 10 heteroatoms. The maximum absolute atomic E-state index is 13.5. The number of anilines is 1. The Morgan fingerprint density at radius 3 is 2.42 bits per heavy atom. The van der Waals surface area contributed by atoms with E-state index in [0.29, 0.717) is 37.3 Å². The van der Waals surface area contributed by atoms with Crippen LogP contribution in [0.1, 0.15) is 34.8 Å². The summed E-state index contributed by atoms with van der Waals surface area (Å²) in [4.78, 5) is 26.3. The molecule has 0 unspecified atom stereocenters. The Hall–Kier alpha value is -3.69. The van der Waals surface area contributed by atoms with Gasteiger partial charge in [-0.25, -0.2) is 4.39 Å². The molecule has 33 heavy (non-hydrogen) atoms. The minimum atomic E-state index is -4.90. The smallest absolute Gasteiger partial charge is 0.372 e. The maximum Gasteiger partial charge on any atom is 0.419 e. The highest BCUT2D eigenvalue weighted by Gasteiger charge is 2.34. The Labute approximate surface area is 187 Å². The largest absolute Gasteiger partial charge is 0.419 e. The SMILES string of the molecule is CCNC(=O)c1ccc(CN2C=C(C(=O)Nc3ccc(F)c(C(F)(F)F)c3)C(=N)CC2)cc1. The van der Waals surface area contributed by atoms with E-state index in [4.69, 9.17) is 5.41 Å². The van der Waals surface area contributed by atoms with Crippen LogP contribution in [-0.4, -0.2) is 35.5 Å². The van der Waals surface area contributed by atoms with Gasteiger partial charge in [0, 0.05) is 49.2 Å². The van der Waals surface area contributed by atoms with Gasteiger partial charge in [-0.05, 0) is 42.8 Å². The molecule has 0 aromatic heterocycles. The summed E-state index contributed by atoms with van der Waals surface area (Å²) in [6.45, 7) is 3.23. The number of carbonyl (C=O) groups excluding carboxylic acids is 2. The van der Waals surface area contributed by atoms with E-state index >= 15 is 0 Å². The molecule has 174 valence electrons. The van der Waals surface area contributed by atoms with E-state index in [1.165, 1.54) is 6.20 Å². The third-order valence-corrected chi connectivity index (χ3v) is 5.00. The summed E-state index contributed by atoms with van der Waals surface area (Å²) in [6, 6.07) is 9.14. The first-order valence-electron chi connectivity index (χ1n) is 10.2. The monoisotopic (exact) mass is 462 g/mol. The van der Waals surface area contributed by atoms with Crippen molar-refractivity contribution in [2.45, 2.75) is 26.1 Å². The van der Waals surface area contributed by atoms with Crippen molar-refractivity contribution in [1.29, 1.82) is 5.41 Å². The van der Waals surface area contributed by atoms with Crippen LogP contribution in [0, 0.1) is 11.2 Å². The Morgan fingerprint density at radius 2 is 1.79 bits per heavy atom. The zero-order valence-electron chi connectivity index (χ0n) is 17.7. The van der Waals surface area contributed by atoms with E-state index in [-0.39, 0.29) is 29.3 Å². The third-order valence-electron chi connectivity index (χ3n) is 5.00.